The molecular weight excluding hydrogens is 559 g/mol. The summed E-state index contributed by atoms with van der Waals surface area (Å²) in [6.07, 6.45) is 2.14. The van der Waals surface area contributed by atoms with Crippen molar-refractivity contribution >= 4 is 66.9 Å². The van der Waals surface area contributed by atoms with Gasteiger partial charge < -0.3 is 10.2 Å². The van der Waals surface area contributed by atoms with Gasteiger partial charge >= 0.3 is 6.03 Å². The molecule has 0 unspecified atom stereocenters. The van der Waals surface area contributed by atoms with Crippen molar-refractivity contribution in [3.63, 3.8) is 0 Å². The third-order valence-corrected chi connectivity index (χ3v) is 5.60. The largest absolute Gasteiger partial charge is 0.382 e. The number of hydroxylamine groups is 2. The van der Waals surface area contributed by atoms with Crippen LogP contribution in [0.3, 0.4) is 0 Å². The molecule has 0 aliphatic rings. The van der Waals surface area contributed by atoms with Crippen molar-refractivity contribution in [1.82, 2.24) is 14.9 Å². The topological polar surface area (TPSA) is 151 Å². The molecule has 0 aliphatic heterocycles. The summed E-state index contributed by atoms with van der Waals surface area (Å²) in [5, 5.41) is 3.60. The monoisotopic (exact) mass is 584 g/mol. The van der Waals surface area contributed by atoms with E-state index in [4.69, 9.17) is 31.8 Å². The Labute approximate surface area is 220 Å². The number of aromatic nitrogens is 2. The minimum atomic E-state index is -4.33. The molecule has 36 heavy (non-hydrogen) atoms. The van der Waals surface area contributed by atoms with E-state index in [0.717, 1.165) is 19.0 Å². The predicted molar refractivity (Wildman–Crippen MR) is 137 cm³/mol. The van der Waals surface area contributed by atoms with Crippen LogP contribution < -0.4 is 15.4 Å². The summed E-state index contributed by atoms with van der Waals surface area (Å²) in [5.74, 6) is -0.223. The lowest BCUT2D eigenvalue weighted by Crippen LogP contribution is -2.46. The summed E-state index contributed by atoms with van der Waals surface area (Å²) >= 11 is 11.9. The summed E-state index contributed by atoms with van der Waals surface area (Å²) in [6.45, 7) is 2.90. The second-order valence-electron chi connectivity index (χ2n) is 7.81. The van der Waals surface area contributed by atoms with Crippen LogP contribution in [-0.4, -0.2) is 77.4 Å². The molecule has 2 rings (SSSR count). The number of carbonyl (C=O) groups excluding carboxylic acids is 1. The predicted octanol–water partition coefficient (Wildman–Crippen LogP) is 2.67. The van der Waals surface area contributed by atoms with Gasteiger partial charge in [0, 0.05) is 18.3 Å². The fourth-order valence-corrected chi connectivity index (χ4v) is 3.76. The molecule has 1 N–H and O–H groups in total. The number of amides is 2. The average molecular weight is 585 g/mol. The van der Waals surface area contributed by atoms with E-state index in [0.29, 0.717) is 24.8 Å². The number of aryl methyl sites for hydroxylation is 1. The van der Waals surface area contributed by atoms with E-state index in [1.165, 1.54) is 12.1 Å². The Hall–Kier alpha value is -2.27. The van der Waals surface area contributed by atoms with Gasteiger partial charge in [-0.2, -0.15) is 21.8 Å². The lowest BCUT2D eigenvalue weighted by Gasteiger charge is -2.26. The highest BCUT2D eigenvalue weighted by Gasteiger charge is 2.34. The SMILES string of the molecule is Cc1cc(NCCCN(C)C)nc(N(OS(C)(=O)=O)C(=O)N(OS(C)(=O)=O)c2ccc(Cl)c(Cl)c2)n1. The number of hydrogen-bond acceptors (Lipinski definition) is 11. The zero-order valence-electron chi connectivity index (χ0n) is 20.1. The van der Waals surface area contributed by atoms with Gasteiger partial charge in [0.1, 0.15) is 5.82 Å². The number of urea groups is 1. The summed E-state index contributed by atoms with van der Waals surface area (Å²) in [4.78, 5) is 23.7. The molecule has 0 saturated carbocycles. The molecule has 0 radical (unpaired) electrons. The molecule has 0 saturated heterocycles. The van der Waals surface area contributed by atoms with Crippen molar-refractivity contribution in [2.24, 2.45) is 0 Å². The zero-order valence-corrected chi connectivity index (χ0v) is 23.2. The standard InChI is InChI=1S/C19H26Cl2N6O7S2/c1-13-11-17(22-9-6-10-25(2)3)24-18(23-13)27(34-36(5,31)32)19(28)26(33-35(4,29)30)14-7-8-15(20)16(21)12-14/h7-8,11-12H,6,9-10H2,1-5H3,(H,22,23,24). The van der Waals surface area contributed by atoms with E-state index >= 15 is 0 Å². The van der Waals surface area contributed by atoms with Crippen molar-refractivity contribution in [3.05, 3.63) is 40.0 Å². The third kappa shape index (κ3) is 9.65. The highest BCUT2D eigenvalue weighted by molar-refractivity contribution is 7.86. The van der Waals surface area contributed by atoms with Crippen LogP contribution in [0.25, 0.3) is 0 Å². The fourth-order valence-electron chi connectivity index (χ4n) is 2.65. The van der Waals surface area contributed by atoms with Gasteiger partial charge in [-0.15, -0.1) is 18.7 Å². The molecule has 0 spiro atoms. The molecule has 0 fully saturated rings. The molecule has 0 bridgehead atoms. The molecule has 17 heteroatoms. The lowest BCUT2D eigenvalue weighted by molar-refractivity contribution is 0.193. The van der Waals surface area contributed by atoms with Crippen LogP contribution in [0.4, 0.5) is 22.2 Å². The lowest BCUT2D eigenvalue weighted by atomic mass is 10.3. The van der Waals surface area contributed by atoms with Gasteiger partial charge in [0.15, 0.2) is 0 Å². The highest BCUT2D eigenvalue weighted by atomic mass is 35.5. The number of anilines is 3. The smallest absolute Gasteiger partial charge is 0.370 e. The van der Waals surface area contributed by atoms with Crippen molar-refractivity contribution in [1.29, 1.82) is 0 Å². The van der Waals surface area contributed by atoms with Crippen LogP contribution in [0.15, 0.2) is 24.3 Å². The van der Waals surface area contributed by atoms with Gasteiger partial charge in [-0.3, -0.25) is 0 Å². The molecular formula is C19H26Cl2N6O7S2. The summed E-state index contributed by atoms with van der Waals surface area (Å²) in [5.41, 5.74) is 0.159. The number of nitrogens with one attached hydrogen (secondary N) is 1. The summed E-state index contributed by atoms with van der Waals surface area (Å²) in [6, 6.07) is 3.82. The molecule has 13 nitrogen and oxygen atoms in total. The normalized spacial score (nSPS) is 12.0. The van der Waals surface area contributed by atoms with Gasteiger partial charge in [0.2, 0.25) is 0 Å². The molecule has 0 atom stereocenters. The van der Waals surface area contributed by atoms with E-state index < -0.39 is 32.2 Å². The fraction of sp³-hybridized carbons (Fsp3) is 0.421. The maximum atomic E-state index is 13.4. The van der Waals surface area contributed by atoms with Crippen molar-refractivity contribution in [2.45, 2.75) is 13.3 Å². The van der Waals surface area contributed by atoms with Crippen molar-refractivity contribution < 1.29 is 30.2 Å². The maximum absolute atomic E-state index is 13.4. The van der Waals surface area contributed by atoms with E-state index in [1.54, 1.807) is 13.0 Å². The minimum Gasteiger partial charge on any atom is -0.370 e. The van der Waals surface area contributed by atoms with Crippen LogP contribution in [0.2, 0.25) is 10.0 Å². The Bertz CT molecular complexity index is 1310. The third-order valence-electron chi connectivity index (χ3n) is 4.02. The van der Waals surface area contributed by atoms with Crippen LogP contribution in [0.1, 0.15) is 12.1 Å². The van der Waals surface area contributed by atoms with Gasteiger partial charge in [-0.25, -0.2) is 9.78 Å². The summed E-state index contributed by atoms with van der Waals surface area (Å²) < 4.78 is 57.5. The average Bonchev–Trinajstić information content (AvgIpc) is 2.73. The molecule has 2 aromatic rings. The first kappa shape index (κ1) is 30.0. The first-order valence-corrected chi connectivity index (χ1v) is 14.6. The van der Waals surface area contributed by atoms with E-state index in [2.05, 4.69) is 15.3 Å². The Morgan fingerprint density at radius 2 is 1.58 bits per heavy atom. The van der Waals surface area contributed by atoms with Crippen LogP contribution in [0, 0.1) is 6.92 Å². The Morgan fingerprint density at radius 1 is 0.972 bits per heavy atom. The van der Waals surface area contributed by atoms with Gasteiger partial charge in [0.05, 0.1) is 28.2 Å². The Morgan fingerprint density at radius 3 is 2.14 bits per heavy atom. The van der Waals surface area contributed by atoms with Gasteiger partial charge in [-0.1, -0.05) is 23.2 Å². The maximum Gasteiger partial charge on any atom is 0.382 e. The number of halogens is 2. The molecule has 1 aromatic heterocycles. The zero-order chi connectivity index (χ0) is 27.3. The number of rotatable bonds is 11. The number of hydrogen-bond donors (Lipinski definition) is 1. The second kappa shape index (κ2) is 12.3. The van der Waals surface area contributed by atoms with E-state index in [1.807, 2.05) is 19.0 Å². The van der Waals surface area contributed by atoms with Crippen LogP contribution >= 0.6 is 23.2 Å². The minimum absolute atomic E-state index is 0.0318. The molecule has 0 aliphatic carbocycles. The first-order chi connectivity index (χ1) is 16.6. The van der Waals surface area contributed by atoms with Crippen molar-refractivity contribution in [3.8, 4) is 0 Å². The van der Waals surface area contributed by atoms with Crippen LogP contribution in [0.5, 0.6) is 0 Å². The van der Waals surface area contributed by atoms with Gasteiger partial charge in [0.25, 0.3) is 26.2 Å². The molecule has 2 amide bonds. The highest BCUT2D eigenvalue weighted by Crippen LogP contribution is 2.29. The second-order valence-corrected chi connectivity index (χ2v) is 11.7. The van der Waals surface area contributed by atoms with Crippen LogP contribution in [-0.2, 0) is 28.8 Å². The first-order valence-electron chi connectivity index (χ1n) is 10.2. The van der Waals surface area contributed by atoms with E-state index in [9.17, 15) is 21.6 Å². The van der Waals surface area contributed by atoms with Gasteiger partial charge in [-0.05, 0) is 52.2 Å². The molecule has 200 valence electrons. The molecule has 1 aromatic carbocycles. The van der Waals surface area contributed by atoms with E-state index in [-0.39, 0.29) is 31.7 Å². The number of nitrogens with zero attached hydrogens (tertiary/aromatic N) is 5. The number of carbonyl (C=O) groups is 1. The Kier molecular flexibility index (Phi) is 10.2. The Balaban J connectivity index is 2.53. The number of benzene rings is 1. The quantitative estimate of drug-likeness (QED) is 0.306. The van der Waals surface area contributed by atoms with Crippen molar-refractivity contribution in [2.75, 3.05) is 55.1 Å². The summed E-state index contributed by atoms with van der Waals surface area (Å²) in [7, 11) is -4.77. The molecule has 1 heterocycles.